The highest BCUT2D eigenvalue weighted by Gasteiger charge is 2.22. The van der Waals surface area contributed by atoms with Gasteiger partial charge in [0.05, 0.1) is 16.8 Å². The maximum absolute atomic E-state index is 13.3. The molecule has 1 N–H and O–H groups in total. The van der Waals surface area contributed by atoms with Gasteiger partial charge in [-0.1, -0.05) is 53.6 Å². The Morgan fingerprint density at radius 3 is 2.73 bits per heavy atom. The minimum absolute atomic E-state index is 0.0925. The number of rotatable bonds is 4. The molecule has 4 nitrogen and oxygen atoms in total. The van der Waals surface area contributed by atoms with Crippen molar-refractivity contribution in [3.8, 4) is 0 Å². The summed E-state index contributed by atoms with van der Waals surface area (Å²) in [6.07, 6.45) is 2.97. The third-order valence-corrected chi connectivity index (χ3v) is 5.92. The standard InChI is InChI=1S/C25H22ClN3O/c1-17-5-10-23-20(15-17)12-14-29(23)27-25(30)22-4-2-3-19-11-13-28(24(19)22)16-18-6-8-21(26)9-7-18/h2-11,13,15H,12,14,16H2,1H3,(H,27,30). The van der Waals surface area contributed by atoms with Crippen molar-refractivity contribution in [3.63, 3.8) is 0 Å². The summed E-state index contributed by atoms with van der Waals surface area (Å²) in [6.45, 7) is 3.56. The number of hydrazine groups is 1. The number of fused-ring (bicyclic) bond motifs is 2. The number of carbonyl (C=O) groups is 1. The molecule has 0 radical (unpaired) electrons. The van der Waals surface area contributed by atoms with E-state index in [2.05, 4.69) is 41.2 Å². The number of halogens is 1. The van der Waals surface area contributed by atoms with Crippen LogP contribution in [-0.4, -0.2) is 17.0 Å². The molecule has 150 valence electrons. The van der Waals surface area contributed by atoms with E-state index in [-0.39, 0.29) is 5.91 Å². The van der Waals surface area contributed by atoms with Crippen LogP contribution in [-0.2, 0) is 13.0 Å². The molecule has 0 spiro atoms. The molecular weight excluding hydrogens is 394 g/mol. The second kappa shape index (κ2) is 7.54. The lowest BCUT2D eigenvalue weighted by Crippen LogP contribution is -2.41. The molecule has 0 unspecified atom stereocenters. The average Bonchev–Trinajstić information content (AvgIpc) is 3.33. The lowest BCUT2D eigenvalue weighted by molar-refractivity contribution is 0.0951. The molecule has 1 aliphatic heterocycles. The number of aromatic nitrogens is 1. The average molecular weight is 416 g/mol. The van der Waals surface area contributed by atoms with Gasteiger partial charge in [0.2, 0.25) is 0 Å². The predicted octanol–water partition coefficient (Wildman–Crippen LogP) is 5.36. The molecule has 3 aromatic carbocycles. The number of hydrogen-bond acceptors (Lipinski definition) is 2. The third-order valence-electron chi connectivity index (χ3n) is 5.67. The van der Waals surface area contributed by atoms with Crippen LogP contribution in [0.2, 0.25) is 5.02 Å². The van der Waals surface area contributed by atoms with E-state index in [1.807, 2.05) is 53.7 Å². The molecule has 1 aromatic heterocycles. The summed E-state index contributed by atoms with van der Waals surface area (Å²) in [5, 5.41) is 3.73. The fourth-order valence-electron chi connectivity index (χ4n) is 4.19. The van der Waals surface area contributed by atoms with Gasteiger partial charge in [-0.05, 0) is 54.8 Å². The summed E-state index contributed by atoms with van der Waals surface area (Å²) in [5.74, 6) is -0.0925. The number of nitrogens with one attached hydrogen (secondary N) is 1. The van der Waals surface area contributed by atoms with Gasteiger partial charge in [0.25, 0.3) is 5.91 Å². The molecule has 30 heavy (non-hydrogen) atoms. The fraction of sp³-hybridized carbons (Fsp3) is 0.160. The molecule has 1 amide bonds. The minimum Gasteiger partial charge on any atom is -0.342 e. The number of carbonyl (C=O) groups excluding carboxylic acids is 1. The molecule has 0 saturated heterocycles. The molecule has 1 aliphatic rings. The Labute approximate surface area is 180 Å². The topological polar surface area (TPSA) is 37.3 Å². The monoisotopic (exact) mass is 415 g/mol. The van der Waals surface area contributed by atoms with Gasteiger partial charge in [-0.15, -0.1) is 0 Å². The molecule has 0 aliphatic carbocycles. The van der Waals surface area contributed by atoms with Gasteiger partial charge in [-0.25, -0.2) is 0 Å². The van der Waals surface area contributed by atoms with E-state index < -0.39 is 0 Å². The third kappa shape index (κ3) is 3.44. The van der Waals surface area contributed by atoms with Gasteiger partial charge in [0, 0.05) is 29.7 Å². The number of hydrogen-bond donors (Lipinski definition) is 1. The quantitative estimate of drug-likeness (QED) is 0.487. The zero-order valence-corrected chi connectivity index (χ0v) is 17.5. The first-order chi connectivity index (χ1) is 14.6. The van der Waals surface area contributed by atoms with Gasteiger partial charge in [0.15, 0.2) is 0 Å². The summed E-state index contributed by atoms with van der Waals surface area (Å²) >= 11 is 6.02. The van der Waals surface area contributed by atoms with Crippen molar-refractivity contribution in [1.29, 1.82) is 0 Å². The SMILES string of the molecule is Cc1ccc2c(c1)CCN2NC(=O)c1cccc2ccn(Cc3ccc(Cl)cc3)c12. The van der Waals surface area contributed by atoms with Crippen LogP contribution >= 0.6 is 11.6 Å². The Balaban J connectivity index is 1.45. The molecular formula is C25H22ClN3O. The van der Waals surface area contributed by atoms with Crippen LogP contribution in [0.3, 0.4) is 0 Å². The summed E-state index contributed by atoms with van der Waals surface area (Å²) in [5.41, 5.74) is 9.46. The summed E-state index contributed by atoms with van der Waals surface area (Å²) in [6, 6.07) is 22.1. The summed E-state index contributed by atoms with van der Waals surface area (Å²) < 4.78 is 2.12. The Morgan fingerprint density at radius 1 is 1.07 bits per heavy atom. The van der Waals surface area contributed by atoms with Crippen LogP contribution < -0.4 is 10.4 Å². The number of anilines is 1. The van der Waals surface area contributed by atoms with Crippen LogP contribution in [0.15, 0.2) is 72.9 Å². The molecule has 0 saturated carbocycles. The summed E-state index contributed by atoms with van der Waals surface area (Å²) in [4.78, 5) is 13.3. The van der Waals surface area contributed by atoms with E-state index in [1.165, 1.54) is 11.1 Å². The lowest BCUT2D eigenvalue weighted by atomic mass is 10.1. The van der Waals surface area contributed by atoms with Gasteiger partial charge in [-0.2, -0.15) is 0 Å². The first kappa shape index (κ1) is 18.8. The molecule has 4 aromatic rings. The van der Waals surface area contributed by atoms with Crippen LogP contribution in [0.4, 0.5) is 5.69 Å². The number of para-hydroxylation sites is 1. The minimum atomic E-state index is -0.0925. The second-order valence-corrected chi connectivity index (χ2v) is 8.22. The lowest BCUT2D eigenvalue weighted by Gasteiger charge is -2.21. The predicted molar refractivity (Wildman–Crippen MR) is 122 cm³/mol. The van der Waals surface area contributed by atoms with Crippen LogP contribution in [0.5, 0.6) is 0 Å². The number of benzene rings is 3. The largest absolute Gasteiger partial charge is 0.342 e. The van der Waals surface area contributed by atoms with Crippen molar-refractivity contribution in [3.05, 3.63) is 100 Å². The Bertz CT molecular complexity index is 1240. The second-order valence-electron chi connectivity index (χ2n) is 7.79. The normalized spacial score (nSPS) is 12.9. The Kier molecular flexibility index (Phi) is 4.72. The maximum atomic E-state index is 13.3. The van der Waals surface area contributed by atoms with Gasteiger partial charge in [0.1, 0.15) is 0 Å². The van der Waals surface area contributed by atoms with E-state index in [0.717, 1.165) is 40.1 Å². The smallest absolute Gasteiger partial charge is 0.271 e. The van der Waals surface area contributed by atoms with Crippen molar-refractivity contribution in [2.75, 3.05) is 11.6 Å². The summed E-state index contributed by atoms with van der Waals surface area (Å²) in [7, 11) is 0. The molecule has 0 atom stereocenters. The van der Waals surface area contributed by atoms with Crippen LogP contribution in [0.1, 0.15) is 27.0 Å². The van der Waals surface area contributed by atoms with E-state index >= 15 is 0 Å². The zero-order valence-electron chi connectivity index (χ0n) is 16.7. The highest BCUT2D eigenvalue weighted by atomic mass is 35.5. The Hall–Kier alpha value is -3.24. The van der Waals surface area contributed by atoms with Gasteiger partial charge >= 0.3 is 0 Å². The van der Waals surface area contributed by atoms with E-state index in [4.69, 9.17) is 11.6 Å². The van der Waals surface area contributed by atoms with Crippen LogP contribution in [0, 0.1) is 6.92 Å². The maximum Gasteiger partial charge on any atom is 0.271 e. The van der Waals surface area contributed by atoms with Crippen molar-refractivity contribution < 1.29 is 4.79 Å². The molecule has 0 fully saturated rings. The van der Waals surface area contributed by atoms with Gasteiger partial charge < -0.3 is 4.57 Å². The number of nitrogens with zero attached hydrogens (tertiary/aromatic N) is 2. The van der Waals surface area contributed by atoms with Gasteiger partial charge in [-0.3, -0.25) is 15.2 Å². The number of aryl methyl sites for hydroxylation is 1. The molecule has 0 bridgehead atoms. The van der Waals surface area contributed by atoms with Crippen LogP contribution in [0.25, 0.3) is 10.9 Å². The first-order valence-corrected chi connectivity index (χ1v) is 10.5. The van der Waals surface area contributed by atoms with E-state index in [0.29, 0.717) is 12.1 Å². The highest BCUT2D eigenvalue weighted by Crippen LogP contribution is 2.28. The van der Waals surface area contributed by atoms with Crippen molar-refractivity contribution in [2.24, 2.45) is 0 Å². The van der Waals surface area contributed by atoms with Crippen molar-refractivity contribution in [2.45, 2.75) is 19.9 Å². The van der Waals surface area contributed by atoms with Crippen molar-refractivity contribution >= 4 is 34.1 Å². The first-order valence-electron chi connectivity index (χ1n) is 10.1. The van der Waals surface area contributed by atoms with E-state index in [1.54, 1.807) is 0 Å². The highest BCUT2D eigenvalue weighted by molar-refractivity contribution is 6.30. The molecule has 5 heteroatoms. The molecule has 5 rings (SSSR count). The molecule has 2 heterocycles. The van der Waals surface area contributed by atoms with Crippen molar-refractivity contribution in [1.82, 2.24) is 9.99 Å². The fourth-order valence-corrected chi connectivity index (χ4v) is 4.32. The Morgan fingerprint density at radius 2 is 1.90 bits per heavy atom. The van der Waals surface area contributed by atoms with E-state index in [9.17, 15) is 4.79 Å². The number of amides is 1. The zero-order chi connectivity index (χ0) is 20.7.